The van der Waals surface area contributed by atoms with E-state index in [-0.39, 0.29) is 5.91 Å². The van der Waals surface area contributed by atoms with Crippen molar-refractivity contribution < 1.29 is 4.79 Å². The second-order valence-corrected chi connectivity index (χ2v) is 5.66. The molecule has 0 atom stereocenters. The number of halogens is 1. The van der Waals surface area contributed by atoms with Crippen LogP contribution in [0.2, 0.25) is 0 Å². The average molecular weight is 351 g/mol. The van der Waals surface area contributed by atoms with E-state index in [1.807, 2.05) is 11.5 Å². The van der Waals surface area contributed by atoms with Crippen LogP contribution in [0, 0.1) is 0 Å². The first-order chi connectivity index (χ1) is 10.2. The summed E-state index contributed by atoms with van der Waals surface area (Å²) in [7, 11) is 0. The lowest BCUT2D eigenvalue weighted by molar-refractivity contribution is 0.0708. The van der Waals surface area contributed by atoms with Crippen LogP contribution in [0.3, 0.4) is 0 Å². The molecule has 0 unspecified atom stereocenters. The van der Waals surface area contributed by atoms with E-state index in [4.69, 9.17) is 0 Å². The van der Waals surface area contributed by atoms with Crippen LogP contribution in [0.4, 0.5) is 5.82 Å². The number of carbonyl (C=O) groups is 1. The zero-order chi connectivity index (χ0) is 14.8. The third-order valence-electron chi connectivity index (χ3n) is 3.35. The Morgan fingerprint density at radius 2 is 2.33 bits per heavy atom. The summed E-state index contributed by atoms with van der Waals surface area (Å²) in [5, 5.41) is 11.0. The molecule has 7 nitrogen and oxygen atoms in total. The summed E-state index contributed by atoms with van der Waals surface area (Å²) < 4.78 is 2.75. The van der Waals surface area contributed by atoms with Crippen LogP contribution < -0.4 is 5.32 Å². The highest BCUT2D eigenvalue weighted by atomic mass is 79.9. The van der Waals surface area contributed by atoms with Crippen molar-refractivity contribution in [2.24, 2.45) is 0 Å². The first kappa shape index (κ1) is 14.0. The molecule has 1 aliphatic rings. The smallest absolute Gasteiger partial charge is 0.258 e. The average Bonchev–Trinajstić information content (AvgIpc) is 2.96. The number of pyridine rings is 1. The Kier molecular flexibility index (Phi) is 3.87. The van der Waals surface area contributed by atoms with E-state index < -0.39 is 0 Å². The first-order valence-electron chi connectivity index (χ1n) is 6.74. The molecule has 2 aromatic heterocycles. The van der Waals surface area contributed by atoms with Crippen molar-refractivity contribution in [3.8, 4) is 0 Å². The standard InChI is InChI=1S/C13H15BrN6O/c1-2-15-12-10(5-9(14)6-16-12)13(21)19-3-4-20-8-17-18-11(20)7-19/h5-6,8H,2-4,7H2,1H3,(H,15,16). The number of rotatable bonds is 3. The molecule has 21 heavy (non-hydrogen) atoms. The van der Waals surface area contributed by atoms with E-state index in [1.165, 1.54) is 0 Å². The molecule has 3 heterocycles. The summed E-state index contributed by atoms with van der Waals surface area (Å²) in [5.74, 6) is 1.37. The monoisotopic (exact) mass is 350 g/mol. The molecular weight excluding hydrogens is 336 g/mol. The minimum Gasteiger partial charge on any atom is -0.370 e. The van der Waals surface area contributed by atoms with Gasteiger partial charge in [0.25, 0.3) is 5.91 Å². The number of carbonyl (C=O) groups excluding carboxylic acids is 1. The molecule has 0 bridgehead atoms. The molecule has 0 radical (unpaired) electrons. The first-order valence-corrected chi connectivity index (χ1v) is 7.53. The molecule has 0 aromatic carbocycles. The zero-order valence-electron chi connectivity index (χ0n) is 11.6. The van der Waals surface area contributed by atoms with Gasteiger partial charge < -0.3 is 14.8 Å². The van der Waals surface area contributed by atoms with Crippen molar-refractivity contribution >= 4 is 27.7 Å². The lowest BCUT2D eigenvalue weighted by atomic mass is 10.2. The maximum Gasteiger partial charge on any atom is 0.258 e. The molecule has 1 amide bonds. The van der Waals surface area contributed by atoms with E-state index in [0.717, 1.165) is 10.3 Å². The number of amides is 1. The fourth-order valence-electron chi connectivity index (χ4n) is 2.32. The van der Waals surface area contributed by atoms with Crippen molar-refractivity contribution in [1.29, 1.82) is 0 Å². The van der Waals surface area contributed by atoms with Gasteiger partial charge in [0.15, 0.2) is 5.82 Å². The molecule has 110 valence electrons. The van der Waals surface area contributed by atoms with Crippen molar-refractivity contribution in [1.82, 2.24) is 24.6 Å². The molecule has 0 saturated carbocycles. The van der Waals surface area contributed by atoms with Gasteiger partial charge in [-0.15, -0.1) is 10.2 Å². The predicted octanol–water partition coefficient (Wildman–Crippen LogP) is 1.52. The van der Waals surface area contributed by atoms with Gasteiger partial charge in [0, 0.05) is 30.3 Å². The van der Waals surface area contributed by atoms with Crippen molar-refractivity contribution in [3.63, 3.8) is 0 Å². The van der Waals surface area contributed by atoms with Gasteiger partial charge in [-0.3, -0.25) is 4.79 Å². The molecule has 8 heteroatoms. The Balaban J connectivity index is 1.87. The van der Waals surface area contributed by atoms with Crippen molar-refractivity contribution in [2.75, 3.05) is 18.4 Å². The number of nitrogens with zero attached hydrogens (tertiary/aromatic N) is 5. The van der Waals surface area contributed by atoms with E-state index in [2.05, 4.69) is 36.4 Å². The minimum absolute atomic E-state index is 0.0472. The Hall–Kier alpha value is -1.96. The molecule has 1 aliphatic heterocycles. The van der Waals surface area contributed by atoms with Gasteiger partial charge in [0.1, 0.15) is 12.1 Å². The van der Waals surface area contributed by atoms with Crippen LogP contribution in [0.5, 0.6) is 0 Å². The van der Waals surface area contributed by atoms with Crippen LogP contribution >= 0.6 is 15.9 Å². The number of nitrogens with one attached hydrogen (secondary N) is 1. The van der Waals surface area contributed by atoms with Crippen LogP contribution in [-0.4, -0.2) is 43.6 Å². The fraction of sp³-hybridized carbons (Fsp3) is 0.385. The largest absolute Gasteiger partial charge is 0.370 e. The normalized spacial score (nSPS) is 13.9. The van der Waals surface area contributed by atoms with Crippen molar-refractivity contribution in [3.05, 3.63) is 34.5 Å². The molecule has 3 rings (SSSR count). The van der Waals surface area contributed by atoms with Crippen LogP contribution in [-0.2, 0) is 13.1 Å². The SMILES string of the molecule is CCNc1ncc(Br)cc1C(=O)N1CCn2cnnc2C1. The van der Waals surface area contributed by atoms with Gasteiger partial charge >= 0.3 is 0 Å². The quantitative estimate of drug-likeness (QED) is 0.908. The van der Waals surface area contributed by atoms with Gasteiger partial charge in [0.2, 0.25) is 0 Å². The van der Waals surface area contributed by atoms with E-state index >= 15 is 0 Å². The molecule has 0 saturated heterocycles. The van der Waals surface area contributed by atoms with E-state index in [1.54, 1.807) is 23.5 Å². The second-order valence-electron chi connectivity index (χ2n) is 4.75. The van der Waals surface area contributed by atoms with Gasteiger partial charge in [0.05, 0.1) is 12.1 Å². The van der Waals surface area contributed by atoms with Crippen LogP contribution in [0.1, 0.15) is 23.1 Å². The second kappa shape index (κ2) is 5.80. The molecule has 2 aromatic rings. The molecular formula is C13H15BrN6O. The van der Waals surface area contributed by atoms with Crippen molar-refractivity contribution in [2.45, 2.75) is 20.0 Å². The molecule has 1 N–H and O–H groups in total. The fourth-order valence-corrected chi connectivity index (χ4v) is 2.65. The topological polar surface area (TPSA) is 75.9 Å². The zero-order valence-corrected chi connectivity index (χ0v) is 13.2. The van der Waals surface area contributed by atoms with Crippen LogP contribution in [0.15, 0.2) is 23.1 Å². The number of hydrogen-bond donors (Lipinski definition) is 1. The summed E-state index contributed by atoms with van der Waals surface area (Å²) in [5.41, 5.74) is 0.569. The van der Waals surface area contributed by atoms with Gasteiger partial charge in [-0.05, 0) is 28.9 Å². The lowest BCUT2D eigenvalue weighted by Gasteiger charge is -2.27. The minimum atomic E-state index is -0.0472. The molecule has 0 spiro atoms. The number of aromatic nitrogens is 4. The highest BCUT2D eigenvalue weighted by Crippen LogP contribution is 2.21. The number of hydrogen-bond acceptors (Lipinski definition) is 5. The summed E-state index contributed by atoms with van der Waals surface area (Å²) >= 11 is 3.37. The molecule has 0 aliphatic carbocycles. The van der Waals surface area contributed by atoms with Gasteiger partial charge in [-0.25, -0.2) is 4.98 Å². The Bertz CT molecular complexity index is 670. The Morgan fingerprint density at radius 1 is 1.48 bits per heavy atom. The maximum atomic E-state index is 12.7. The highest BCUT2D eigenvalue weighted by Gasteiger charge is 2.25. The summed E-state index contributed by atoms with van der Waals surface area (Å²) in [6.07, 6.45) is 3.38. The van der Waals surface area contributed by atoms with Gasteiger partial charge in [-0.1, -0.05) is 0 Å². The van der Waals surface area contributed by atoms with Gasteiger partial charge in [-0.2, -0.15) is 0 Å². The third-order valence-corrected chi connectivity index (χ3v) is 3.79. The maximum absolute atomic E-state index is 12.7. The lowest BCUT2D eigenvalue weighted by Crippen LogP contribution is -2.38. The number of anilines is 1. The Labute approximate surface area is 130 Å². The molecule has 0 fully saturated rings. The Morgan fingerprint density at radius 3 is 3.14 bits per heavy atom. The van der Waals surface area contributed by atoms with E-state index in [0.29, 0.717) is 37.6 Å². The highest BCUT2D eigenvalue weighted by molar-refractivity contribution is 9.10. The summed E-state index contributed by atoms with van der Waals surface area (Å²) in [6.45, 7) is 4.51. The predicted molar refractivity (Wildman–Crippen MR) is 80.9 cm³/mol. The number of fused-ring (bicyclic) bond motifs is 1. The van der Waals surface area contributed by atoms with Crippen LogP contribution in [0.25, 0.3) is 0 Å². The summed E-state index contributed by atoms with van der Waals surface area (Å²) in [4.78, 5) is 18.8. The third kappa shape index (κ3) is 2.76. The summed E-state index contributed by atoms with van der Waals surface area (Å²) in [6, 6.07) is 1.80. The van der Waals surface area contributed by atoms with E-state index in [9.17, 15) is 4.79 Å².